The molecule has 3 rings (SSSR count). The summed E-state index contributed by atoms with van der Waals surface area (Å²) in [5.41, 5.74) is 8.77. The van der Waals surface area contributed by atoms with Gasteiger partial charge in [0.25, 0.3) is 6.01 Å². The SMILES string of the molecule is CC(C)CN(CCCNC(=O)OCc1cncs1)Sc1ccc2nc(N)oc2c1. The number of carbonyl (C=O) groups is 1. The van der Waals surface area contributed by atoms with Crippen molar-refractivity contribution < 1.29 is 13.9 Å². The number of nitrogen functional groups attached to an aromatic ring is 1. The lowest BCUT2D eigenvalue weighted by Crippen LogP contribution is -2.29. The van der Waals surface area contributed by atoms with Crippen LogP contribution in [0.25, 0.3) is 11.1 Å². The number of nitrogens with one attached hydrogen (secondary N) is 1. The second kappa shape index (κ2) is 10.5. The molecule has 0 bridgehead atoms. The van der Waals surface area contributed by atoms with Crippen LogP contribution in [0.5, 0.6) is 0 Å². The lowest BCUT2D eigenvalue weighted by atomic mass is 10.2. The van der Waals surface area contributed by atoms with Gasteiger partial charge in [-0.15, -0.1) is 11.3 Å². The molecule has 156 valence electrons. The zero-order valence-corrected chi connectivity index (χ0v) is 18.1. The second-order valence-electron chi connectivity index (χ2n) is 6.88. The first-order valence-electron chi connectivity index (χ1n) is 9.36. The normalized spacial score (nSPS) is 11.4. The minimum absolute atomic E-state index is 0.175. The first kappa shape index (κ1) is 21.4. The Morgan fingerprint density at radius 3 is 3.07 bits per heavy atom. The first-order valence-corrected chi connectivity index (χ1v) is 11.0. The molecule has 0 aliphatic carbocycles. The highest BCUT2D eigenvalue weighted by Crippen LogP contribution is 2.28. The van der Waals surface area contributed by atoms with Crippen molar-refractivity contribution in [1.82, 2.24) is 19.6 Å². The minimum Gasteiger partial charge on any atom is -0.444 e. The van der Waals surface area contributed by atoms with Crippen molar-refractivity contribution in [1.29, 1.82) is 0 Å². The summed E-state index contributed by atoms with van der Waals surface area (Å²) in [7, 11) is 0. The molecule has 1 amide bonds. The molecule has 0 fully saturated rings. The number of carbonyl (C=O) groups excluding carboxylic acids is 1. The smallest absolute Gasteiger partial charge is 0.407 e. The van der Waals surface area contributed by atoms with Gasteiger partial charge in [0.05, 0.1) is 10.4 Å². The molecule has 8 nitrogen and oxygen atoms in total. The summed E-state index contributed by atoms with van der Waals surface area (Å²) >= 11 is 3.13. The van der Waals surface area contributed by atoms with Crippen molar-refractivity contribution in [3.63, 3.8) is 0 Å². The maximum atomic E-state index is 11.8. The molecular weight excluding hydrogens is 410 g/mol. The highest BCUT2D eigenvalue weighted by atomic mass is 32.2. The number of anilines is 1. The fourth-order valence-electron chi connectivity index (χ4n) is 2.66. The van der Waals surface area contributed by atoms with Crippen LogP contribution in [0.3, 0.4) is 0 Å². The Hall–Kier alpha value is -2.30. The van der Waals surface area contributed by atoms with Crippen LogP contribution in [0, 0.1) is 5.92 Å². The fourth-order valence-corrected chi connectivity index (χ4v) is 4.34. The molecule has 0 atom stereocenters. The van der Waals surface area contributed by atoms with E-state index in [0.29, 0.717) is 18.0 Å². The lowest BCUT2D eigenvalue weighted by Gasteiger charge is -2.23. The Morgan fingerprint density at radius 1 is 1.45 bits per heavy atom. The predicted molar refractivity (Wildman–Crippen MR) is 116 cm³/mol. The molecular formula is C19H25N5O3S2. The minimum atomic E-state index is -0.408. The molecule has 0 saturated heterocycles. The van der Waals surface area contributed by atoms with E-state index in [1.54, 1.807) is 23.7 Å². The average Bonchev–Trinajstić information content (AvgIpc) is 3.31. The molecule has 3 N–H and O–H groups in total. The first-order chi connectivity index (χ1) is 14.0. The average molecular weight is 436 g/mol. The number of hydrogen-bond donors (Lipinski definition) is 2. The predicted octanol–water partition coefficient (Wildman–Crippen LogP) is 4.15. The Labute approximate surface area is 178 Å². The number of amides is 1. The number of ether oxygens (including phenoxy) is 1. The van der Waals surface area contributed by atoms with Crippen LogP contribution in [0.4, 0.5) is 10.8 Å². The van der Waals surface area contributed by atoms with Gasteiger partial charge in [0.1, 0.15) is 12.1 Å². The van der Waals surface area contributed by atoms with Crippen LogP contribution in [0.15, 0.2) is 39.2 Å². The van der Waals surface area contributed by atoms with Crippen molar-refractivity contribution in [2.24, 2.45) is 5.92 Å². The number of rotatable bonds is 10. The number of hydrogen-bond acceptors (Lipinski definition) is 9. The van der Waals surface area contributed by atoms with Crippen molar-refractivity contribution in [2.45, 2.75) is 31.8 Å². The van der Waals surface area contributed by atoms with E-state index in [1.165, 1.54) is 11.3 Å². The van der Waals surface area contributed by atoms with E-state index in [1.807, 2.05) is 18.2 Å². The number of aromatic nitrogens is 2. The molecule has 2 heterocycles. The molecule has 0 aliphatic heterocycles. The van der Waals surface area contributed by atoms with Gasteiger partial charge < -0.3 is 20.2 Å². The standard InChI is InChI=1S/C19H25N5O3S2/c1-13(2)10-24(29-14-4-5-16-17(8-14)27-18(20)23-16)7-3-6-22-19(25)26-11-15-9-21-12-28-15/h4-5,8-9,12-13H,3,6-7,10-11H2,1-2H3,(H2,20,23)(H,22,25). The molecule has 3 aromatic rings. The van der Waals surface area contributed by atoms with Crippen LogP contribution in [-0.2, 0) is 11.3 Å². The molecule has 0 spiro atoms. The monoisotopic (exact) mass is 435 g/mol. The van der Waals surface area contributed by atoms with E-state index in [-0.39, 0.29) is 12.6 Å². The van der Waals surface area contributed by atoms with Gasteiger partial charge >= 0.3 is 6.09 Å². The van der Waals surface area contributed by atoms with Gasteiger partial charge in [-0.05, 0) is 42.5 Å². The maximum Gasteiger partial charge on any atom is 0.407 e. The summed E-state index contributed by atoms with van der Waals surface area (Å²) in [6, 6.07) is 6.05. The van der Waals surface area contributed by atoms with Crippen LogP contribution < -0.4 is 11.1 Å². The van der Waals surface area contributed by atoms with Gasteiger partial charge in [-0.1, -0.05) is 13.8 Å². The van der Waals surface area contributed by atoms with Crippen molar-refractivity contribution in [2.75, 3.05) is 25.4 Å². The number of thiazole rings is 1. The number of oxazole rings is 1. The topological polar surface area (TPSA) is 107 Å². The molecule has 29 heavy (non-hydrogen) atoms. The molecule has 0 saturated carbocycles. The fraction of sp³-hybridized carbons (Fsp3) is 0.421. The number of nitrogens with two attached hydrogens (primary N) is 1. The largest absolute Gasteiger partial charge is 0.444 e. The summed E-state index contributed by atoms with van der Waals surface area (Å²) in [6.45, 7) is 6.92. The maximum absolute atomic E-state index is 11.8. The van der Waals surface area contributed by atoms with E-state index >= 15 is 0 Å². The van der Waals surface area contributed by atoms with Crippen molar-refractivity contribution in [3.05, 3.63) is 34.8 Å². The van der Waals surface area contributed by atoms with Gasteiger partial charge in [0, 0.05) is 30.7 Å². The Bertz CT molecular complexity index is 914. The molecule has 0 radical (unpaired) electrons. The Kier molecular flexibility index (Phi) is 7.73. The van der Waals surface area contributed by atoms with Gasteiger partial charge in [0.15, 0.2) is 5.58 Å². The van der Waals surface area contributed by atoms with E-state index in [2.05, 4.69) is 33.4 Å². The number of alkyl carbamates (subject to hydrolysis) is 1. The highest BCUT2D eigenvalue weighted by molar-refractivity contribution is 7.97. The third-order valence-electron chi connectivity index (χ3n) is 3.86. The van der Waals surface area contributed by atoms with Crippen molar-refractivity contribution in [3.8, 4) is 0 Å². The van der Waals surface area contributed by atoms with Gasteiger partial charge in [-0.2, -0.15) is 4.98 Å². The highest BCUT2D eigenvalue weighted by Gasteiger charge is 2.12. The quantitative estimate of drug-likeness (QED) is 0.361. The third-order valence-corrected chi connectivity index (χ3v) is 5.67. The summed E-state index contributed by atoms with van der Waals surface area (Å²) in [5, 5.41) is 2.79. The number of benzene rings is 1. The molecule has 1 aromatic carbocycles. The summed E-state index contributed by atoms with van der Waals surface area (Å²) in [5.74, 6) is 0.518. The number of fused-ring (bicyclic) bond motifs is 1. The molecule has 2 aromatic heterocycles. The van der Waals surface area contributed by atoms with Crippen molar-refractivity contribution >= 4 is 46.5 Å². The lowest BCUT2D eigenvalue weighted by molar-refractivity contribution is 0.140. The van der Waals surface area contributed by atoms with E-state index in [0.717, 1.165) is 34.8 Å². The van der Waals surface area contributed by atoms with Gasteiger partial charge in [0.2, 0.25) is 0 Å². The number of nitrogens with zero attached hydrogens (tertiary/aromatic N) is 3. The van der Waals surface area contributed by atoms with Gasteiger partial charge in [-0.25, -0.2) is 9.10 Å². The zero-order chi connectivity index (χ0) is 20.6. The van der Waals surface area contributed by atoms with Crippen LogP contribution in [0.1, 0.15) is 25.1 Å². The molecule has 0 unspecified atom stereocenters. The summed E-state index contributed by atoms with van der Waals surface area (Å²) < 4.78 is 12.9. The Morgan fingerprint density at radius 2 is 2.31 bits per heavy atom. The van der Waals surface area contributed by atoms with Crippen LogP contribution in [0.2, 0.25) is 0 Å². The third kappa shape index (κ3) is 6.91. The van der Waals surface area contributed by atoms with Crippen LogP contribution >= 0.6 is 23.3 Å². The molecule has 0 aliphatic rings. The zero-order valence-electron chi connectivity index (χ0n) is 16.5. The second-order valence-corrected chi connectivity index (χ2v) is 9.02. The van der Waals surface area contributed by atoms with E-state index in [9.17, 15) is 4.79 Å². The Balaban J connectivity index is 1.44. The van der Waals surface area contributed by atoms with Gasteiger partial charge in [-0.3, -0.25) is 4.98 Å². The van der Waals surface area contributed by atoms with Crippen LogP contribution in [-0.4, -0.2) is 40.0 Å². The van der Waals surface area contributed by atoms with E-state index < -0.39 is 6.09 Å². The molecule has 10 heteroatoms. The summed E-state index contributed by atoms with van der Waals surface area (Å²) in [4.78, 5) is 21.8. The summed E-state index contributed by atoms with van der Waals surface area (Å²) in [6.07, 6.45) is 2.10. The van der Waals surface area contributed by atoms with E-state index in [4.69, 9.17) is 14.9 Å².